The Kier molecular flexibility index (Phi) is 6.87. The van der Waals surface area contributed by atoms with E-state index in [-0.39, 0.29) is 16.6 Å². The molecule has 29 heavy (non-hydrogen) atoms. The fourth-order valence-corrected chi connectivity index (χ4v) is 3.15. The predicted octanol–water partition coefficient (Wildman–Crippen LogP) is 4.64. The van der Waals surface area contributed by atoms with Crippen molar-refractivity contribution in [2.45, 2.75) is 6.54 Å². The summed E-state index contributed by atoms with van der Waals surface area (Å²) in [5.74, 6) is -0.0128. The van der Waals surface area contributed by atoms with E-state index in [1.807, 2.05) is 0 Å². The van der Waals surface area contributed by atoms with Gasteiger partial charge in [-0.05, 0) is 66.8 Å². The number of thiocarbonyl (C=S) groups is 1. The van der Waals surface area contributed by atoms with Crippen LogP contribution in [0.2, 0.25) is 10.0 Å². The third-order valence-corrected chi connectivity index (χ3v) is 4.40. The maximum absolute atomic E-state index is 12.2. The second kappa shape index (κ2) is 9.56. The van der Waals surface area contributed by atoms with Crippen LogP contribution >= 0.6 is 35.4 Å². The van der Waals surface area contributed by atoms with E-state index in [9.17, 15) is 9.59 Å². The van der Waals surface area contributed by atoms with Crippen LogP contribution in [0.1, 0.15) is 26.5 Å². The number of benzene rings is 2. The topological polar surface area (TPSA) is 83.4 Å². The minimum Gasteiger partial charge on any atom is -0.467 e. The van der Waals surface area contributed by atoms with Gasteiger partial charge in [-0.1, -0.05) is 23.2 Å². The highest BCUT2D eigenvalue weighted by atomic mass is 35.5. The number of carbonyl (C=O) groups is 2. The third-order valence-electron chi connectivity index (χ3n) is 3.76. The second-order valence-corrected chi connectivity index (χ2v) is 7.19. The zero-order chi connectivity index (χ0) is 20.8. The number of carbonyl (C=O) groups excluding carboxylic acids is 2. The lowest BCUT2D eigenvalue weighted by Gasteiger charge is -2.11. The van der Waals surface area contributed by atoms with Crippen molar-refractivity contribution >= 4 is 58.0 Å². The standard InChI is InChI=1S/C20H15Cl2N3O3S/c21-14-8-13(9-15(22)10-14)19(27)25-20(29)24-16-5-3-12(4-6-16)18(26)23-11-17-2-1-7-28-17/h1-10H,11H2,(H,23,26)(H2,24,25,27,29). The van der Waals surface area contributed by atoms with Crippen LogP contribution in [0, 0.1) is 0 Å². The van der Waals surface area contributed by atoms with E-state index in [1.54, 1.807) is 42.7 Å². The Balaban J connectivity index is 1.54. The Morgan fingerprint density at radius 2 is 1.62 bits per heavy atom. The monoisotopic (exact) mass is 447 g/mol. The fourth-order valence-electron chi connectivity index (χ4n) is 2.41. The number of nitrogens with one attached hydrogen (secondary N) is 3. The third kappa shape index (κ3) is 6.05. The van der Waals surface area contributed by atoms with Crippen LogP contribution in [0.5, 0.6) is 0 Å². The molecular formula is C20H15Cl2N3O3S. The smallest absolute Gasteiger partial charge is 0.257 e. The van der Waals surface area contributed by atoms with Crippen molar-refractivity contribution in [1.29, 1.82) is 0 Å². The molecule has 0 aliphatic carbocycles. The molecule has 0 bridgehead atoms. The van der Waals surface area contributed by atoms with Gasteiger partial charge in [-0.3, -0.25) is 14.9 Å². The molecule has 2 amide bonds. The Morgan fingerprint density at radius 1 is 0.931 bits per heavy atom. The molecule has 1 heterocycles. The van der Waals surface area contributed by atoms with E-state index in [0.29, 0.717) is 33.6 Å². The van der Waals surface area contributed by atoms with Crippen LogP contribution in [0.4, 0.5) is 5.69 Å². The molecule has 0 atom stereocenters. The molecule has 6 nitrogen and oxygen atoms in total. The molecule has 3 aromatic rings. The Hall–Kier alpha value is -2.87. The summed E-state index contributed by atoms with van der Waals surface area (Å²) in [6.45, 7) is 0.301. The van der Waals surface area contributed by atoms with Crippen LogP contribution in [0.3, 0.4) is 0 Å². The Labute approximate surface area is 182 Å². The van der Waals surface area contributed by atoms with Crippen molar-refractivity contribution in [1.82, 2.24) is 10.6 Å². The summed E-state index contributed by atoms with van der Waals surface area (Å²) in [5, 5.41) is 8.98. The summed E-state index contributed by atoms with van der Waals surface area (Å²) in [5.41, 5.74) is 1.38. The van der Waals surface area contributed by atoms with Crippen LogP contribution in [-0.4, -0.2) is 16.9 Å². The number of halogens is 2. The number of furan rings is 1. The van der Waals surface area contributed by atoms with Gasteiger partial charge in [0.05, 0.1) is 12.8 Å². The summed E-state index contributed by atoms with van der Waals surface area (Å²) in [6, 6.07) is 14.7. The van der Waals surface area contributed by atoms with E-state index in [1.165, 1.54) is 18.2 Å². The number of hydrogen-bond acceptors (Lipinski definition) is 4. The van der Waals surface area contributed by atoms with Crippen LogP contribution < -0.4 is 16.0 Å². The van der Waals surface area contributed by atoms with Gasteiger partial charge in [0.25, 0.3) is 11.8 Å². The molecule has 3 rings (SSSR count). The molecule has 9 heteroatoms. The predicted molar refractivity (Wildman–Crippen MR) is 116 cm³/mol. The molecule has 0 radical (unpaired) electrons. The van der Waals surface area contributed by atoms with Gasteiger partial charge < -0.3 is 15.1 Å². The van der Waals surface area contributed by atoms with Crippen LogP contribution in [0.15, 0.2) is 65.3 Å². The molecule has 0 unspecified atom stereocenters. The molecule has 0 aliphatic heterocycles. The lowest BCUT2D eigenvalue weighted by atomic mass is 10.2. The van der Waals surface area contributed by atoms with Gasteiger partial charge >= 0.3 is 0 Å². The lowest BCUT2D eigenvalue weighted by molar-refractivity contribution is 0.0946. The van der Waals surface area contributed by atoms with Gasteiger partial charge in [0, 0.05) is 26.9 Å². The number of anilines is 1. The zero-order valence-corrected chi connectivity index (χ0v) is 17.2. The van der Waals surface area contributed by atoms with Gasteiger partial charge in [0.15, 0.2) is 5.11 Å². The minimum atomic E-state index is -0.444. The van der Waals surface area contributed by atoms with Crippen molar-refractivity contribution in [2.24, 2.45) is 0 Å². The zero-order valence-electron chi connectivity index (χ0n) is 14.9. The molecule has 0 saturated carbocycles. The van der Waals surface area contributed by atoms with Gasteiger partial charge in [0.2, 0.25) is 0 Å². The maximum atomic E-state index is 12.2. The molecule has 0 aliphatic rings. The molecule has 0 saturated heterocycles. The lowest BCUT2D eigenvalue weighted by Crippen LogP contribution is -2.34. The Morgan fingerprint density at radius 3 is 2.24 bits per heavy atom. The Bertz CT molecular complexity index is 1020. The quantitative estimate of drug-likeness (QED) is 0.496. The van der Waals surface area contributed by atoms with E-state index in [4.69, 9.17) is 39.8 Å². The second-order valence-electron chi connectivity index (χ2n) is 5.91. The highest BCUT2D eigenvalue weighted by molar-refractivity contribution is 7.80. The molecule has 3 N–H and O–H groups in total. The molecule has 0 spiro atoms. The first kappa shape index (κ1) is 20.9. The highest BCUT2D eigenvalue weighted by Gasteiger charge is 2.11. The first-order valence-electron chi connectivity index (χ1n) is 8.40. The number of rotatable bonds is 5. The molecular weight excluding hydrogens is 433 g/mol. The van der Waals surface area contributed by atoms with Crippen molar-refractivity contribution in [3.8, 4) is 0 Å². The normalized spacial score (nSPS) is 10.3. The number of amides is 2. The van der Waals surface area contributed by atoms with Crippen molar-refractivity contribution in [3.63, 3.8) is 0 Å². The first-order chi connectivity index (χ1) is 13.9. The minimum absolute atomic E-state index is 0.0983. The molecule has 2 aromatic carbocycles. The average molecular weight is 448 g/mol. The summed E-state index contributed by atoms with van der Waals surface area (Å²) >= 11 is 17.0. The summed E-state index contributed by atoms with van der Waals surface area (Å²) < 4.78 is 5.17. The molecule has 1 aromatic heterocycles. The van der Waals surface area contributed by atoms with Crippen molar-refractivity contribution in [3.05, 3.63) is 87.8 Å². The largest absolute Gasteiger partial charge is 0.467 e. The SMILES string of the molecule is O=C(NCc1ccco1)c1ccc(NC(=S)NC(=O)c2cc(Cl)cc(Cl)c2)cc1. The van der Waals surface area contributed by atoms with Crippen LogP contribution in [0.25, 0.3) is 0 Å². The van der Waals surface area contributed by atoms with E-state index in [0.717, 1.165) is 0 Å². The maximum Gasteiger partial charge on any atom is 0.257 e. The average Bonchev–Trinajstić information content (AvgIpc) is 3.19. The first-order valence-corrected chi connectivity index (χ1v) is 9.56. The van der Waals surface area contributed by atoms with Gasteiger partial charge in [0.1, 0.15) is 5.76 Å². The van der Waals surface area contributed by atoms with Gasteiger partial charge in [-0.25, -0.2) is 0 Å². The molecule has 0 fully saturated rings. The summed E-state index contributed by atoms with van der Waals surface area (Å²) in [4.78, 5) is 24.4. The van der Waals surface area contributed by atoms with E-state index >= 15 is 0 Å². The van der Waals surface area contributed by atoms with Gasteiger partial charge in [-0.2, -0.15) is 0 Å². The number of hydrogen-bond donors (Lipinski definition) is 3. The van der Waals surface area contributed by atoms with E-state index in [2.05, 4.69) is 16.0 Å². The van der Waals surface area contributed by atoms with Gasteiger partial charge in [-0.15, -0.1) is 0 Å². The highest BCUT2D eigenvalue weighted by Crippen LogP contribution is 2.19. The van der Waals surface area contributed by atoms with Crippen molar-refractivity contribution < 1.29 is 14.0 Å². The fraction of sp³-hybridized carbons (Fsp3) is 0.0500. The summed E-state index contributed by atoms with van der Waals surface area (Å²) in [6.07, 6.45) is 1.55. The summed E-state index contributed by atoms with van der Waals surface area (Å²) in [7, 11) is 0. The molecule has 148 valence electrons. The van der Waals surface area contributed by atoms with Crippen molar-refractivity contribution in [2.75, 3.05) is 5.32 Å². The van der Waals surface area contributed by atoms with E-state index < -0.39 is 5.91 Å². The van der Waals surface area contributed by atoms with Crippen LogP contribution in [-0.2, 0) is 6.54 Å².